The van der Waals surface area contributed by atoms with Crippen LogP contribution in [0.1, 0.15) is 77.6 Å². The summed E-state index contributed by atoms with van der Waals surface area (Å²) in [6.45, 7) is 3.29. The lowest BCUT2D eigenvalue weighted by Gasteiger charge is -2.23. The summed E-state index contributed by atoms with van der Waals surface area (Å²) in [6, 6.07) is 0.733. The van der Waals surface area contributed by atoms with Crippen molar-refractivity contribution < 1.29 is 4.74 Å². The minimum absolute atomic E-state index is 0. The second-order valence-electron chi connectivity index (χ2n) is 6.43. The van der Waals surface area contributed by atoms with Gasteiger partial charge in [0.1, 0.15) is 0 Å². The van der Waals surface area contributed by atoms with Crippen LogP contribution in [0.5, 0.6) is 0 Å². The van der Waals surface area contributed by atoms with Crippen molar-refractivity contribution in [1.29, 1.82) is 0 Å². The van der Waals surface area contributed by atoms with Crippen molar-refractivity contribution in [2.45, 2.75) is 89.7 Å². The fraction of sp³-hybridized carbons (Fsp3) is 1.00. The molecule has 1 aliphatic rings. The van der Waals surface area contributed by atoms with Gasteiger partial charge < -0.3 is 9.64 Å². The molecule has 2 unspecified atom stereocenters. The summed E-state index contributed by atoms with van der Waals surface area (Å²) in [7, 11) is 4.42. The van der Waals surface area contributed by atoms with E-state index in [-0.39, 0.29) is 12.4 Å². The molecular weight excluding hydrogens is 270 g/mol. The van der Waals surface area contributed by atoms with Crippen molar-refractivity contribution in [3.63, 3.8) is 0 Å². The highest BCUT2D eigenvalue weighted by Crippen LogP contribution is 2.21. The number of epoxide rings is 1. The van der Waals surface area contributed by atoms with Gasteiger partial charge in [-0.05, 0) is 26.9 Å². The average Bonchev–Trinajstić information content (AvgIpc) is 3.19. The van der Waals surface area contributed by atoms with E-state index in [0.29, 0.717) is 6.10 Å². The molecule has 0 spiro atoms. The van der Waals surface area contributed by atoms with Crippen molar-refractivity contribution in [3.05, 3.63) is 0 Å². The Morgan fingerprint density at radius 1 is 0.950 bits per heavy atom. The van der Waals surface area contributed by atoms with Crippen molar-refractivity contribution in [2.75, 3.05) is 20.7 Å². The van der Waals surface area contributed by atoms with Crippen LogP contribution in [0.4, 0.5) is 0 Å². The molecule has 0 aromatic rings. The van der Waals surface area contributed by atoms with Crippen molar-refractivity contribution in [1.82, 2.24) is 4.90 Å². The maximum atomic E-state index is 5.35. The SMILES string of the molecule is CCCCCCCCCCCC(CC1CO1)N(C)C.Cl. The second-order valence-corrected chi connectivity index (χ2v) is 6.43. The highest BCUT2D eigenvalue weighted by molar-refractivity contribution is 5.85. The normalized spacial score (nSPS) is 18.9. The average molecular weight is 306 g/mol. The standard InChI is InChI=1S/C17H35NO.ClH/c1-4-5-6-7-8-9-10-11-12-13-16(18(2)3)14-17-15-19-17;/h16-17H,4-15H2,1-3H3;1H. The lowest BCUT2D eigenvalue weighted by molar-refractivity contribution is 0.235. The monoisotopic (exact) mass is 305 g/mol. The van der Waals surface area contributed by atoms with Gasteiger partial charge in [0.05, 0.1) is 12.7 Å². The molecule has 0 N–H and O–H groups in total. The summed E-state index contributed by atoms with van der Waals surface area (Å²) in [4.78, 5) is 2.38. The predicted molar refractivity (Wildman–Crippen MR) is 90.9 cm³/mol. The molecule has 0 aromatic carbocycles. The van der Waals surface area contributed by atoms with Gasteiger partial charge in [0.2, 0.25) is 0 Å². The molecule has 3 heteroatoms. The van der Waals surface area contributed by atoms with E-state index in [4.69, 9.17) is 4.74 Å². The summed E-state index contributed by atoms with van der Waals surface area (Å²) < 4.78 is 5.35. The molecule has 20 heavy (non-hydrogen) atoms. The lowest BCUT2D eigenvalue weighted by atomic mass is 10.0. The Morgan fingerprint density at radius 2 is 1.45 bits per heavy atom. The Bertz CT molecular complexity index is 207. The molecular formula is C17H36ClNO. The zero-order chi connectivity index (χ0) is 13.9. The molecule has 1 aliphatic heterocycles. The molecule has 0 amide bonds. The first-order valence-corrected chi connectivity index (χ1v) is 8.52. The molecule has 0 aromatic heterocycles. The maximum Gasteiger partial charge on any atom is 0.0824 e. The van der Waals surface area contributed by atoms with Crippen LogP contribution in [0.15, 0.2) is 0 Å². The Balaban J connectivity index is 0.00000361. The molecule has 2 nitrogen and oxygen atoms in total. The lowest BCUT2D eigenvalue weighted by Crippen LogP contribution is -2.29. The molecule has 1 rings (SSSR count). The number of halogens is 1. The molecule has 1 saturated heterocycles. The van der Waals surface area contributed by atoms with Gasteiger partial charge in [-0.3, -0.25) is 0 Å². The maximum absolute atomic E-state index is 5.35. The van der Waals surface area contributed by atoms with Crippen molar-refractivity contribution >= 4 is 12.4 Å². The second kappa shape index (κ2) is 12.9. The fourth-order valence-corrected chi connectivity index (χ4v) is 2.79. The van der Waals surface area contributed by atoms with Crippen molar-refractivity contribution in [2.24, 2.45) is 0 Å². The number of nitrogens with zero attached hydrogens (tertiary/aromatic N) is 1. The molecule has 122 valence electrons. The highest BCUT2D eigenvalue weighted by atomic mass is 35.5. The Morgan fingerprint density at radius 3 is 1.90 bits per heavy atom. The van der Waals surface area contributed by atoms with Gasteiger partial charge in [-0.2, -0.15) is 0 Å². The van der Waals surface area contributed by atoms with E-state index in [1.165, 1.54) is 70.6 Å². The van der Waals surface area contributed by atoms with Crippen LogP contribution >= 0.6 is 12.4 Å². The zero-order valence-corrected chi connectivity index (χ0v) is 14.7. The van der Waals surface area contributed by atoms with Gasteiger partial charge in [0.25, 0.3) is 0 Å². The van der Waals surface area contributed by atoms with Gasteiger partial charge >= 0.3 is 0 Å². The van der Waals surface area contributed by atoms with Crippen LogP contribution in [0.2, 0.25) is 0 Å². The third-order valence-corrected chi connectivity index (χ3v) is 4.31. The molecule has 0 aliphatic carbocycles. The quantitative estimate of drug-likeness (QED) is 0.349. The molecule has 0 radical (unpaired) electrons. The first kappa shape index (κ1) is 20.2. The number of unbranched alkanes of at least 4 members (excludes halogenated alkanes) is 8. The minimum Gasteiger partial charge on any atom is -0.373 e. The molecule has 0 bridgehead atoms. The number of hydrogen-bond donors (Lipinski definition) is 0. The molecule has 0 saturated carbocycles. The highest BCUT2D eigenvalue weighted by Gasteiger charge is 2.27. The van der Waals surface area contributed by atoms with Crippen LogP contribution < -0.4 is 0 Å². The van der Waals surface area contributed by atoms with Crippen LogP contribution in [-0.4, -0.2) is 37.7 Å². The van der Waals surface area contributed by atoms with E-state index in [2.05, 4.69) is 25.9 Å². The van der Waals surface area contributed by atoms with E-state index in [1.54, 1.807) is 0 Å². The largest absolute Gasteiger partial charge is 0.373 e. The van der Waals surface area contributed by atoms with E-state index >= 15 is 0 Å². The first-order chi connectivity index (χ1) is 9.24. The van der Waals surface area contributed by atoms with Gasteiger partial charge in [0.15, 0.2) is 0 Å². The van der Waals surface area contributed by atoms with Crippen molar-refractivity contribution in [3.8, 4) is 0 Å². The van der Waals surface area contributed by atoms with E-state index in [9.17, 15) is 0 Å². The van der Waals surface area contributed by atoms with Crippen LogP contribution in [0.25, 0.3) is 0 Å². The molecule has 2 atom stereocenters. The minimum atomic E-state index is 0. The summed E-state index contributed by atoms with van der Waals surface area (Å²) in [5, 5.41) is 0. The summed E-state index contributed by atoms with van der Waals surface area (Å²) in [5.74, 6) is 0. The van der Waals surface area contributed by atoms with Crippen LogP contribution in [0, 0.1) is 0 Å². The number of ether oxygens (including phenoxy) is 1. The Labute approximate surface area is 133 Å². The zero-order valence-electron chi connectivity index (χ0n) is 13.9. The molecule has 1 fully saturated rings. The third-order valence-electron chi connectivity index (χ3n) is 4.31. The predicted octanol–water partition coefficient (Wildman–Crippen LogP) is 5.05. The van der Waals surface area contributed by atoms with E-state index in [1.807, 2.05) is 0 Å². The van der Waals surface area contributed by atoms with E-state index in [0.717, 1.165) is 12.6 Å². The summed E-state index contributed by atoms with van der Waals surface area (Å²) in [6.07, 6.45) is 16.0. The summed E-state index contributed by atoms with van der Waals surface area (Å²) >= 11 is 0. The van der Waals surface area contributed by atoms with Gasteiger partial charge in [-0.15, -0.1) is 12.4 Å². The number of rotatable bonds is 13. The van der Waals surface area contributed by atoms with E-state index < -0.39 is 0 Å². The van der Waals surface area contributed by atoms with Crippen LogP contribution in [-0.2, 0) is 4.74 Å². The van der Waals surface area contributed by atoms with Gasteiger partial charge in [0, 0.05) is 6.04 Å². The Hall–Kier alpha value is 0.210. The van der Waals surface area contributed by atoms with Crippen LogP contribution in [0.3, 0.4) is 0 Å². The first-order valence-electron chi connectivity index (χ1n) is 8.52. The summed E-state index contributed by atoms with van der Waals surface area (Å²) in [5.41, 5.74) is 0. The third kappa shape index (κ3) is 10.9. The fourth-order valence-electron chi connectivity index (χ4n) is 2.79. The topological polar surface area (TPSA) is 15.8 Å². The Kier molecular flexibility index (Phi) is 13.0. The molecule has 1 heterocycles. The van der Waals surface area contributed by atoms with Gasteiger partial charge in [-0.25, -0.2) is 0 Å². The smallest absolute Gasteiger partial charge is 0.0824 e. The van der Waals surface area contributed by atoms with Gasteiger partial charge in [-0.1, -0.05) is 64.7 Å². The number of hydrogen-bond acceptors (Lipinski definition) is 2.